The lowest BCUT2D eigenvalue weighted by Gasteiger charge is -2.16. The highest BCUT2D eigenvalue weighted by molar-refractivity contribution is 7.99. The van der Waals surface area contributed by atoms with Crippen molar-refractivity contribution in [2.75, 3.05) is 11.5 Å². The standard InChI is InChI=1S/C16H15N5OS2/c17-16-21-20-15(24-16)14(11-6-2-1-3-7-11)19-12(22)10-23-13-8-4-5-9-18-13/h1-9,14H,10H2,(H2,17,21)(H,19,22). The molecule has 0 saturated carbocycles. The van der Waals surface area contributed by atoms with E-state index in [0.29, 0.717) is 10.1 Å². The van der Waals surface area contributed by atoms with E-state index >= 15 is 0 Å². The number of nitrogen functional groups attached to an aromatic ring is 1. The maximum Gasteiger partial charge on any atom is 0.231 e. The second-order valence-corrected chi connectivity index (χ2v) is 6.88. The largest absolute Gasteiger partial charge is 0.374 e. The van der Waals surface area contributed by atoms with E-state index in [1.807, 2.05) is 48.5 Å². The smallest absolute Gasteiger partial charge is 0.231 e. The van der Waals surface area contributed by atoms with Gasteiger partial charge in [-0.1, -0.05) is 59.5 Å². The number of aromatic nitrogens is 3. The number of hydrogen-bond acceptors (Lipinski definition) is 7. The van der Waals surface area contributed by atoms with Crippen LogP contribution in [-0.4, -0.2) is 26.8 Å². The maximum atomic E-state index is 12.3. The first-order valence-corrected chi connectivity index (χ1v) is 8.99. The van der Waals surface area contributed by atoms with Gasteiger partial charge in [-0.25, -0.2) is 4.98 Å². The molecule has 0 aliphatic heterocycles. The highest BCUT2D eigenvalue weighted by atomic mass is 32.2. The van der Waals surface area contributed by atoms with Crippen LogP contribution in [0.3, 0.4) is 0 Å². The fourth-order valence-corrected chi connectivity index (χ4v) is 3.43. The Bertz CT molecular complexity index is 794. The van der Waals surface area contributed by atoms with Crippen molar-refractivity contribution >= 4 is 34.1 Å². The molecule has 1 unspecified atom stereocenters. The van der Waals surface area contributed by atoms with Crippen LogP contribution in [0.2, 0.25) is 0 Å². The Morgan fingerprint density at radius 1 is 1.17 bits per heavy atom. The molecule has 1 amide bonds. The first-order valence-electron chi connectivity index (χ1n) is 7.19. The molecule has 3 rings (SSSR count). The second kappa shape index (κ2) is 7.89. The molecule has 0 radical (unpaired) electrons. The summed E-state index contributed by atoms with van der Waals surface area (Å²) in [6.07, 6.45) is 1.71. The summed E-state index contributed by atoms with van der Waals surface area (Å²) in [6, 6.07) is 14.9. The van der Waals surface area contributed by atoms with E-state index in [1.165, 1.54) is 23.1 Å². The molecule has 3 N–H and O–H groups in total. The summed E-state index contributed by atoms with van der Waals surface area (Å²) in [5.41, 5.74) is 6.61. The predicted molar refractivity (Wildman–Crippen MR) is 95.7 cm³/mol. The van der Waals surface area contributed by atoms with Gasteiger partial charge in [0.1, 0.15) is 11.0 Å². The summed E-state index contributed by atoms with van der Waals surface area (Å²) >= 11 is 2.65. The van der Waals surface area contributed by atoms with E-state index in [4.69, 9.17) is 5.73 Å². The van der Waals surface area contributed by atoms with Gasteiger partial charge in [0.05, 0.1) is 10.8 Å². The molecule has 0 fully saturated rings. The minimum atomic E-state index is -0.363. The molecule has 8 heteroatoms. The summed E-state index contributed by atoms with van der Waals surface area (Å²) in [5.74, 6) is 0.169. The number of nitrogens with one attached hydrogen (secondary N) is 1. The normalized spacial score (nSPS) is 11.8. The van der Waals surface area contributed by atoms with Crippen LogP contribution in [0.15, 0.2) is 59.8 Å². The van der Waals surface area contributed by atoms with Crippen molar-refractivity contribution in [2.45, 2.75) is 11.1 Å². The van der Waals surface area contributed by atoms with Crippen LogP contribution in [0.25, 0.3) is 0 Å². The molecular formula is C16H15N5OS2. The molecule has 2 aromatic heterocycles. The summed E-state index contributed by atoms with van der Waals surface area (Å²) in [6.45, 7) is 0. The van der Waals surface area contributed by atoms with Crippen molar-refractivity contribution in [3.63, 3.8) is 0 Å². The van der Waals surface area contributed by atoms with Crippen molar-refractivity contribution in [1.82, 2.24) is 20.5 Å². The number of nitrogens with zero attached hydrogens (tertiary/aromatic N) is 3. The van der Waals surface area contributed by atoms with Gasteiger partial charge in [-0.05, 0) is 17.7 Å². The van der Waals surface area contributed by atoms with E-state index in [9.17, 15) is 4.79 Å². The topological polar surface area (TPSA) is 93.8 Å². The molecule has 24 heavy (non-hydrogen) atoms. The molecular weight excluding hydrogens is 342 g/mol. The maximum absolute atomic E-state index is 12.3. The van der Waals surface area contributed by atoms with Gasteiger partial charge in [0.15, 0.2) is 0 Å². The molecule has 3 aromatic rings. The third kappa shape index (κ3) is 4.30. The number of amides is 1. The van der Waals surface area contributed by atoms with Crippen molar-refractivity contribution in [1.29, 1.82) is 0 Å². The van der Waals surface area contributed by atoms with Crippen molar-refractivity contribution in [3.05, 3.63) is 65.3 Å². The van der Waals surface area contributed by atoms with Gasteiger partial charge in [-0.3, -0.25) is 4.79 Å². The van der Waals surface area contributed by atoms with Gasteiger partial charge >= 0.3 is 0 Å². The van der Waals surface area contributed by atoms with Gasteiger partial charge in [-0.15, -0.1) is 10.2 Å². The number of pyridine rings is 1. The third-order valence-corrected chi connectivity index (χ3v) is 4.89. The first-order chi connectivity index (χ1) is 11.7. The molecule has 122 valence electrons. The number of hydrogen-bond donors (Lipinski definition) is 2. The number of anilines is 1. The Labute approximate surface area is 147 Å². The quantitative estimate of drug-likeness (QED) is 0.658. The first kappa shape index (κ1) is 16.4. The monoisotopic (exact) mass is 357 g/mol. The molecule has 0 saturated heterocycles. The Kier molecular flexibility index (Phi) is 5.39. The Hall–Kier alpha value is -2.45. The van der Waals surface area contributed by atoms with Crippen LogP contribution in [0.1, 0.15) is 16.6 Å². The summed E-state index contributed by atoms with van der Waals surface area (Å²) in [5, 5.41) is 12.8. The molecule has 2 heterocycles. The van der Waals surface area contributed by atoms with Gasteiger partial charge in [0.2, 0.25) is 11.0 Å². The van der Waals surface area contributed by atoms with Crippen LogP contribution in [-0.2, 0) is 4.79 Å². The van der Waals surface area contributed by atoms with Crippen LogP contribution < -0.4 is 11.1 Å². The Balaban J connectivity index is 1.71. The SMILES string of the molecule is Nc1nnc(C(NC(=O)CSc2ccccn2)c2ccccc2)s1. The molecule has 1 atom stereocenters. The van der Waals surface area contributed by atoms with Crippen molar-refractivity contribution in [3.8, 4) is 0 Å². The third-order valence-electron chi connectivity index (χ3n) is 3.13. The lowest BCUT2D eigenvalue weighted by atomic mass is 10.1. The van der Waals surface area contributed by atoms with Crippen LogP contribution in [0.5, 0.6) is 0 Å². The molecule has 0 spiro atoms. The molecule has 0 bridgehead atoms. The number of carbonyl (C=O) groups is 1. The minimum absolute atomic E-state index is 0.103. The van der Waals surface area contributed by atoms with Crippen molar-refractivity contribution in [2.24, 2.45) is 0 Å². The zero-order valence-electron chi connectivity index (χ0n) is 12.6. The molecule has 6 nitrogen and oxygen atoms in total. The zero-order valence-corrected chi connectivity index (χ0v) is 14.3. The average Bonchev–Trinajstić information content (AvgIpc) is 3.05. The fraction of sp³-hybridized carbons (Fsp3) is 0.125. The number of thioether (sulfide) groups is 1. The highest BCUT2D eigenvalue weighted by Crippen LogP contribution is 2.26. The average molecular weight is 357 g/mol. The Morgan fingerprint density at radius 3 is 2.62 bits per heavy atom. The number of nitrogens with two attached hydrogens (primary N) is 1. The van der Waals surface area contributed by atoms with Gasteiger partial charge in [0, 0.05) is 6.20 Å². The van der Waals surface area contributed by atoms with E-state index in [2.05, 4.69) is 20.5 Å². The summed E-state index contributed by atoms with van der Waals surface area (Å²) in [7, 11) is 0. The van der Waals surface area contributed by atoms with Gasteiger partial charge in [-0.2, -0.15) is 0 Å². The van der Waals surface area contributed by atoms with Crippen molar-refractivity contribution < 1.29 is 4.79 Å². The summed E-state index contributed by atoms with van der Waals surface area (Å²) < 4.78 is 0. The Morgan fingerprint density at radius 2 is 1.96 bits per heavy atom. The minimum Gasteiger partial charge on any atom is -0.374 e. The molecule has 0 aliphatic rings. The highest BCUT2D eigenvalue weighted by Gasteiger charge is 2.20. The predicted octanol–water partition coefficient (Wildman–Crippen LogP) is 2.51. The molecule has 0 aliphatic carbocycles. The second-order valence-electron chi connectivity index (χ2n) is 4.85. The summed E-state index contributed by atoms with van der Waals surface area (Å²) in [4.78, 5) is 16.5. The van der Waals surface area contributed by atoms with Gasteiger partial charge < -0.3 is 11.1 Å². The number of carbonyl (C=O) groups excluding carboxylic acids is 1. The lowest BCUT2D eigenvalue weighted by Crippen LogP contribution is -2.30. The number of rotatable bonds is 6. The van der Waals surface area contributed by atoms with Crippen LogP contribution in [0, 0.1) is 0 Å². The van der Waals surface area contributed by atoms with E-state index in [1.54, 1.807) is 6.20 Å². The zero-order chi connectivity index (χ0) is 16.8. The molecule has 1 aromatic carbocycles. The number of benzene rings is 1. The van der Waals surface area contributed by atoms with Crippen LogP contribution >= 0.6 is 23.1 Å². The van der Waals surface area contributed by atoms with E-state index in [0.717, 1.165) is 10.6 Å². The van der Waals surface area contributed by atoms with E-state index in [-0.39, 0.29) is 17.7 Å². The fourth-order valence-electron chi connectivity index (χ4n) is 2.07. The van der Waals surface area contributed by atoms with Crippen LogP contribution in [0.4, 0.5) is 5.13 Å². The van der Waals surface area contributed by atoms with E-state index < -0.39 is 0 Å². The lowest BCUT2D eigenvalue weighted by molar-refractivity contribution is -0.119. The van der Waals surface area contributed by atoms with Gasteiger partial charge in [0.25, 0.3) is 0 Å².